The van der Waals surface area contributed by atoms with Crippen LogP contribution in [0, 0.1) is 0 Å². The number of rotatable bonds is 2. The summed E-state index contributed by atoms with van der Waals surface area (Å²) in [4.78, 5) is 34.1. The fourth-order valence-corrected chi connectivity index (χ4v) is 4.91. The summed E-state index contributed by atoms with van der Waals surface area (Å²) in [6.45, 7) is 1.90. The number of likely N-dealkylation sites (N-methyl/N-ethyl adjacent to an activating group) is 1. The molecule has 146 valence electrons. The van der Waals surface area contributed by atoms with E-state index in [1.807, 2.05) is 29.1 Å². The molecule has 0 radical (unpaired) electrons. The van der Waals surface area contributed by atoms with Crippen LogP contribution in [-0.4, -0.2) is 72.3 Å². The van der Waals surface area contributed by atoms with Crippen LogP contribution in [0.3, 0.4) is 0 Å². The number of piperazine rings is 1. The van der Waals surface area contributed by atoms with E-state index in [0.717, 1.165) is 48.1 Å². The Bertz CT molecular complexity index is 1230. The fraction of sp³-hybridized carbons (Fsp3) is 0.333. The molecular weight excluding hydrogens is 366 g/mol. The number of aromatic amines is 1. The van der Waals surface area contributed by atoms with Crippen molar-refractivity contribution in [2.24, 2.45) is 0 Å². The minimum atomic E-state index is 0.0929. The van der Waals surface area contributed by atoms with Crippen LogP contribution in [-0.2, 0) is 0 Å². The second-order valence-electron chi connectivity index (χ2n) is 8.12. The third kappa shape index (κ3) is 2.56. The molecule has 6 heterocycles. The lowest BCUT2D eigenvalue weighted by Gasteiger charge is -2.39. The summed E-state index contributed by atoms with van der Waals surface area (Å²) in [5.74, 6) is 0.753. The van der Waals surface area contributed by atoms with Crippen molar-refractivity contribution >= 4 is 22.7 Å². The molecule has 0 aliphatic carbocycles. The molecule has 6 rings (SSSR count). The van der Waals surface area contributed by atoms with Gasteiger partial charge in [-0.2, -0.15) is 0 Å². The summed E-state index contributed by atoms with van der Waals surface area (Å²) in [5, 5.41) is 0.929. The van der Waals surface area contributed by atoms with Crippen LogP contribution in [0.5, 0.6) is 0 Å². The number of fused-ring (bicyclic) bond motifs is 4. The molecule has 8 nitrogen and oxygen atoms in total. The lowest BCUT2D eigenvalue weighted by atomic mass is 10.1. The number of carbonyl (C=O) groups is 1. The summed E-state index contributed by atoms with van der Waals surface area (Å²) in [7, 11) is 2.14. The Labute approximate surface area is 167 Å². The number of hydrogen-bond acceptors (Lipinski definition) is 5. The number of H-pyrrole nitrogens is 1. The van der Waals surface area contributed by atoms with Gasteiger partial charge < -0.3 is 14.8 Å². The van der Waals surface area contributed by atoms with E-state index in [1.165, 1.54) is 0 Å². The van der Waals surface area contributed by atoms with Gasteiger partial charge in [-0.1, -0.05) is 0 Å². The number of nitrogens with zero attached hydrogens (tertiary/aromatic N) is 6. The molecule has 2 bridgehead atoms. The zero-order chi connectivity index (χ0) is 19.5. The molecule has 2 fully saturated rings. The van der Waals surface area contributed by atoms with Gasteiger partial charge in [-0.3, -0.25) is 9.20 Å². The highest BCUT2D eigenvalue weighted by molar-refractivity contribution is 6.01. The number of aromatic nitrogens is 5. The van der Waals surface area contributed by atoms with E-state index in [0.29, 0.717) is 23.4 Å². The Morgan fingerprint density at radius 1 is 1.14 bits per heavy atom. The molecule has 4 aromatic heterocycles. The molecule has 29 heavy (non-hydrogen) atoms. The van der Waals surface area contributed by atoms with Crippen molar-refractivity contribution < 1.29 is 4.79 Å². The van der Waals surface area contributed by atoms with E-state index in [9.17, 15) is 4.79 Å². The average molecular weight is 387 g/mol. The lowest BCUT2D eigenvalue weighted by Crippen LogP contribution is -2.54. The number of carbonyl (C=O) groups excluding carboxylic acids is 1. The van der Waals surface area contributed by atoms with Gasteiger partial charge in [-0.25, -0.2) is 15.0 Å². The van der Waals surface area contributed by atoms with Gasteiger partial charge in [0.05, 0.1) is 5.56 Å². The van der Waals surface area contributed by atoms with Gasteiger partial charge in [0.2, 0.25) is 5.78 Å². The topological polar surface area (TPSA) is 82.4 Å². The number of imidazole rings is 1. The summed E-state index contributed by atoms with van der Waals surface area (Å²) >= 11 is 0. The van der Waals surface area contributed by atoms with Gasteiger partial charge in [0, 0.05) is 78.9 Å². The second-order valence-corrected chi connectivity index (χ2v) is 8.12. The smallest absolute Gasteiger partial charge is 0.256 e. The quantitative estimate of drug-likeness (QED) is 0.570. The summed E-state index contributed by atoms with van der Waals surface area (Å²) in [5.41, 5.74) is 3.35. The maximum Gasteiger partial charge on any atom is 0.256 e. The van der Waals surface area contributed by atoms with Crippen LogP contribution < -0.4 is 0 Å². The third-order valence-electron chi connectivity index (χ3n) is 6.23. The number of pyridine rings is 1. The Kier molecular flexibility index (Phi) is 3.52. The zero-order valence-electron chi connectivity index (χ0n) is 16.1. The highest BCUT2D eigenvalue weighted by Gasteiger charge is 2.41. The molecule has 2 unspecified atom stereocenters. The normalized spacial score (nSPS) is 22.0. The molecule has 2 atom stereocenters. The molecule has 1 amide bonds. The highest BCUT2D eigenvalue weighted by atomic mass is 16.2. The first-order valence-corrected chi connectivity index (χ1v) is 9.95. The molecule has 4 aromatic rings. The maximum atomic E-state index is 13.4. The number of likely N-dealkylation sites (tertiary alicyclic amines) is 1. The number of hydrogen-bond donors (Lipinski definition) is 1. The van der Waals surface area contributed by atoms with Crippen LogP contribution in [0.1, 0.15) is 23.2 Å². The van der Waals surface area contributed by atoms with Gasteiger partial charge in [0.25, 0.3) is 5.91 Å². The van der Waals surface area contributed by atoms with Gasteiger partial charge >= 0.3 is 0 Å². The van der Waals surface area contributed by atoms with Crippen LogP contribution in [0.4, 0.5) is 0 Å². The molecule has 8 heteroatoms. The zero-order valence-corrected chi connectivity index (χ0v) is 16.1. The molecule has 0 aromatic carbocycles. The summed E-state index contributed by atoms with van der Waals surface area (Å²) in [6, 6.07) is 2.58. The van der Waals surface area contributed by atoms with Crippen LogP contribution in [0.2, 0.25) is 0 Å². The molecule has 2 aliphatic rings. The van der Waals surface area contributed by atoms with E-state index >= 15 is 0 Å². The van der Waals surface area contributed by atoms with Crippen molar-refractivity contribution in [3.05, 3.63) is 48.8 Å². The molecular formula is C21H21N7O. The maximum absolute atomic E-state index is 13.4. The molecule has 2 saturated heterocycles. The first kappa shape index (κ1) is 16.7. The van der Waals surface area contributed by atoms with Crippen molar-refractivity contribution in [3.63, 3.8) is 0 Å². The second kappa shape index (κ2) is 6.12. The van der Waals surface area contributed by atoms with E-state index in [2.05, 4.69) is 36.8 Å². The van der Waals surface area contributed by atoms with Crippen molar-refractivity contribution in [2.75, 3.05) is 20.1 Å². The standard InChI is InChI=1S/C21H21N7O/c1-26-11-15-2-3-16(12-26)28(15)20(29)13-6-17-18(9-24-19(17)23-7-13)14-8-25-21-22-4-5-27(21)10-14/h4-10,15-16H,2-3,11-12H2,1H3,(H,23,24). The van der Waals surface area contributed by atoms with Crippen molar-refractivity contribution in [3.8, 4) is 11.1 Å². The SMILES string of the molecule is CN1CC2CCC(C1)N2C(=O)c1cnc2[nH]cc(-c3cnc4nccn4c3)c2c1. The Hall–Kier alpha value is -3.26. The lowest BCUT2D eigenvalue weighted by molar-refractivity contribution is 0.0472. The average Bonchev–Trinajstić information content (AvgIpc) is 3.42. The van der Waals surface area contributed by atoms with Gasteiger partial charge in [-0.15, -0.1) is 0 Å². The van der Waals surface area contributed by atoms with E-state index in [4.69, 9.17) is 0 Å². The van der Waals surface area contributed by atoms with Crippen molar-refractivity contribution in [1.82, 2.24) is 34.1 Å². The van der Waals surface area contributed by atoms with Gasteiger partial charge in [0.1, 0.15) is 5.65 Å². The van der Waals surface area contributed by atoms with E-state index in [-0.39, 0.29) is 5.91 Å². The predicted molar refractivity (Wildman–Crippen MR) is 109 cm³/mol. The van der Waals surface area contributed by atoms with Crippen molar-refractivity contribution in [1.29, 1.82) is 0 Å². The Morgan fingerprint density at radius 2 is 1.97 bits per heavy atom. The third-order valence-corrected chi connectivity index (χ3v) is 6.23. The number of nitrogens with one attached hydrogen (secondary N) is 1. The summed E-state index contributed by atoms with van der Waals surface area (Å²) < 4.78 is 1.89. The van der Waals surface area contributed by atoms with Crippen molar-refractivity contribution in [2.45, 2.75) is 24.9 Å². The van der Waals surface area contributed by atoms with Crippen LogP contribution in [0.15, 0.2) is 43.2 Å². The van der Waals surface area contributed by atoms with E-state index in [1.54, 1.807) is 18.6 Å². The molecule has 0 saturated carbocycles. The summed E-state index contributed by atoms with van der Waals surface area (Å²) in [6.07, 6.45) is 13.2. The minimum Gasteiger partial charge on any atom is -0.346 e. The Balaban J connectivity index is 1.40. The van der Waals surface area contributed by atoms with E-state index < -0.39 is 0 Å². The first-order valence-electron chi connectivity index (χ1n) is 9.95. The Morgan fingerprint density at radius 3 is 2.79 bits per heavy atom. The van der Waals surface area contributed by atoms with Gasteiger partial charge in [-0.05, 0) is 26.0 Å². The fourth-order valence-electron chi connectivity index (χ4n) is 4.91. The van der Waals surface area contributed by atoms with Gasteiger partial charge in [0.15, 0.2) is 0 Å². The first-order chi connectivity index (χ1) is 14.2. The number of amides is 1. The monoisotopic (exact) mass is 387 g/mol. The van der Waals surface area contributed by atoms with Crippen LogP contribution >= 0.6 is 0 Å². The molecule has 2 aliphatic heterocycles. The van der Waals surface area contributed by atoms with Crippen LogP contribution in [0.25, 0.3) is 27.9 Å². The largest absolute Gasteiger partial charge is 0.346 e. The predicted octanol–water partition coefficient (Wildman–Crippen LogP) is 2.19. The highest BCUT2D eigenvalue weighted by Crippen LogP contribution is 2.32. The molecule has 1 N–H and O–H groups in total. The molecule has 0 spiro atoms. The minimum absolute atomic E-state index is 0.0929.